The molecule has 0 heterocycles. The minimum absolute atomic E-state index is 0.0576. The number of aliphatic hydroxyl groups excluding tert-OH is 1. The molecule has 0 bridgehead atoms. The van der Waals surface area contributed by atoms with Gasteiger partial charge in [0.1, 0.15) is 0 Å². The fourth-order valence-corrected chi connectivity index (χ4v) is 3.04. The number of nitrogens with one attached hydrogen (secondary N) is 2. The van der Waals surface area contributed by atoms with Gasteiger partial charge in [-0.2, -0.15) is 0 Å². The van der Waals surface area contributed by atoms with E-state index in [4.69, 9.17) is 16.7 Å². The van der Waals surface area contributed by atoms with Crippen LogP contribution in [-0.2, 0) is 10.5 Å². The maximum atomic E-state index is 11.9. The van der Waals surface area contributed by atoms with Gasteiger partial charge in [-0.05, 0) is 48.4 Å². The highest BCUT2D eigenvalue weighted by Crippen LogP contribution is 2.16. The number of rotatable bonds is 9. The van der Waals surface area contributed by atoms with Gasteiger partial charge in [0.25, 0.3) is 5.91 Å². The van der Waals surface area contributed by atoms with Crippen LogP contribution in [0.1, 0.15) is 22.3 Å². The van der Waals surface area contributed by atoms with Crippen LogP contribution < -0.4 is 10.6 Å². The summed E-state index contributed by atoms with van der Waals surface area (Å²) in [5.41, 5.74) is 2.34. The summed E-state index contributed by atoms with van der Waals surface area (Å²) < 4.78 is 0. The Kier molecular flexibility index (Phi) is 8.47. The number of halogens is 1. The number of carbonyl (C=O) groups excluding carboxylic acids is 2. The molecule has 0 saturated carbocycles. The van der Waals surface area contributed by atoms with Crippen LogP contribution in [0.15, 0.2) is 48.5 Å². The highest BCUT2D eigenvalue weighted by molar-refractivity contribution is 7.99. The van der Waals surface area contributed by atoms with Gasteiger partial charge in [-0.3, -0.25) is 9.59 Å². The third kappa shape index (κ3) is 7.07. The summed E-state index contributed by atoms with van der Waals surface area (Å²) in [7, 11) is 0. The number of aliphatic hydroxyl groups is 1. The van der Waals surface area contributed by atoms with Crippen molar-refractivity contribution < 1.29 is 14.7 Å². The molecule has 138 valence electrons. The van der Waals surface area contributed by atoms with Gasteiger partial charge in [-0.1, -0.05) is 23.7 Å². The third-order valence-electron chi connectivity index (χ3n) is 3.47. The topological polar surface area (TPSA) is 78.4 Å². The van der Waals surface area contributed by atoms with Crippen LogP contribution >= 0.6 is 23.4 Å². The Balaban J connectivity index is 1.72. The molecule has 0 unspecified atom stereocenters. The number of hydrogen-bond acceptors (Lipinski definition) is 4. The molecular weight excluding hydrogens is 372 g/mol. The largest absolute Gasteiger partial charge is 0.396 e. The summed E-state index contributed by atoms with van der Waals surface area (Å²) in [5.74, 6) is 0.795. The summed E-state index contributed by atoms with van der Waals surface area (Å²) in [4.78, 5) is 23.8. The lowest BCUT2D eigenvalue weighted by atomic mass is 10.1. The SMILES string of the molecule is O=C(CSCc1ccc(C(=O)NCCCO)cc1)Nc1ccc(Cl)cc1. The van der Waals surface area contributed by atoms with Gasteiger partial charge in [-0.15, -0.1) is 11.8 Å². The summed E-state index contributed by atoms with van der Waals surface area (Å²) in [6.45, 7) is 0.512. The van der Waals surface area contributed by atoms with Gasteiger partial charge in [0.15, 0.2) is 0 Å². The predicted octanol–water partition coefficient (Wildman–Crippen LogP) is 3.32. The number of anilines is 1. The van der Waals surface area contributed by atoms with E-state index >= 15 is 0 Å². The van der Waals surface area contributed by atoms with Gasteiger partial charge in [0, 0.05) is 35.2 Å². The van der Waals surface area contributed by atoms with Crippen molar-refractivity contribution in [2.75, 3.05) is 24.2 Å². The lowest BCUT2D eigenvalue weighted by molar-refractivity contribution is -0.113. The molecule has 0 radical (unpaired) electrons. The Morgan fingerprint density at radius 2 is 1.73 bits per heavy atom. The van der Waals surface area contributed by atoms with Crippen molar-refractivity contribution in [2.45, 2.75) is 12.2 Å². The zero-order chi connectivity index (χ0) is 18.8. The second-order valence-electron chi connectivity index (χ2n) is 5.58. The maximum Gasteiger partial charge on any atom is 0.251 e. The number of amides is 2. The van der Waals surface area contributed by atoms with E-state index in [9.17, 15) is 9.59 Å². The van der Waals surface area contributed by atoms with E-state index in [-0.39, 0.29) is 18.4 Å². The molecule has 5 nitrogen and oxygen atoms in total. The van der Waals surface area contributed by atoms with Crippen LogP contribution in [-0.4, -0.2) is 35.8 Å². The van der Waals surface area contributed by atoms with Crippen LogP contribution in [0.2, 0.25) is 5.02 Å². The van der Waals surface area contributed by atoms with Gasteiger partial charge in [0.05, 0.1) is 5.75 Å². The molecule has 2 rings (SSSR count). The third-order valence-corrected chi connectivity index (χ3v) is 4.72. The summed E-state index contributed by atoms with van der Waals surface area (Å²) >= 11 is 7.31. The summed E-state index contributed by atoms with van der Waals surface area (Å²) in [6.07, 6.45) is 0.540. The lowest BCUT2D eigenvalue weighted by Crippen LogP contribution is -2.24. The molecule has 0 fully saturated rings. The van der Waals surface area contributed by atoms with Crippen LogP contribution in [0, 0.1) is 0 Å². The number of benzene rings is 2. The van der Waals surface area contributed by atoms with Crippen molar-refractivity contribution in [3.8, 4) is 0 Å². The molecule has 0 aliphatic heterocycles. The molecule has 2 aromatic rings. The molecule has 0 aliphatic carbocycles. The van der Waals surface area contributed by atoms with Crippen molar-refractivity contribution in [3.05, 3.63) is 64.7 Å². The fourth-order valence-electron chi connectivity index (χ4n) is 2.13. The number of thioether (sulfide) groups is 1. The molecular formula is C19H21ClN2O3S. The van der Waals surface area contributed by atoms with Gasteiger partial charge < -0.3 is 15.7 Å². The van der Waals surface area contributed by atoms with E-state index in [1.54, 1.807) is 36.4 Å². The maximum absolute atomic E-state index is 11.9. The van der Waals surface area contributed by atoms with Crippen LogP contribution in [0.5, 0.6) is 0 Å². The van der Waals surface area contributed by atoms with Crippen molar-refractivity contribution in [3.63, 3.8) is 0 Å². The molecule has 0 saturated heterocycles. The average molecular weight is 393 g/mol. The van der Waals surface area contributed by atoms with Crippen molar-refractivity contribution >= 4 is 40.9 Å². The first-order valence-corrected chi connectivity index (χ1v) is 9.73. The molecule has 3 N–H and O–H groups in total. The highest BCUT2D eigenvalue weighted by atomic mass is 35.5. The molecule has 2 amide bonds. The zero-order valence-electron chi connectivity index (χ0n) is 14.2. The highest BCUT2D eigenvalue weighted by Gasteiger charge is 2.06. The van der Waals surface area contributed by atoms with E-state index in [1.165, 1.54) is 11.8 Å². The lowest BCUT2D eigenvalue weighted by Gasteiger charge is -2.07. The smallest absolute Gasteiger partial charge is 0.251 e. The average Bonchev–Trinajstić information content (AvgIpc) is 2.64. The number of carbonyl (C=O) groups is 2. The minimum Gasteiger partial charge on any atom is -0.396 e. The standard InChI is InChI=1S/C19H21ClN2O3S/c20-16-6-8-17(9-7-16)22-18(24)13-26-12-14-2-4-15(5-3-14)19(25)21-10-1-11-23/h2-9,23H,1,10-13H2,(H,21,25)(H,22,24). The van der Waals surface area contributed by atoms with Crippen LogP contribution in [0.25, 0.3) is 0 Å². The van der Waals surface area contributed by atoms with E-state index in [0.29, 0.717) is 35.1 Å². The fraction of sp³-hybridized carbons (Fsp3) is 0.263. The molecule has 0 spiro atoms. The normalized spacial score (nSPS) is 10.4. The second kappa shape index (κ2) is 10.9. The van der Waals surface area contributed by atoms with E-state index < -0.39 is 0 Å². The van der Waals surface area contributed by atoms with Crippen molar-refractivity contribution in [2.24, 2.45) is 0 Å². The van der Waals surface area contributed by atoms with Crippen LogP contribution in [0.3, 0.4) is 0 Å². The van der Waals surface area contributed by atoms with Gasteiger partial charge in [-0.25, -0.2) is 0 Å². The summed E-state index contributed by atoms with van der Waals surface area (Å²) in [6, 6.07) is 14.3. The Morgan fingerprint density at radius 3 is 2.38 bits per heavy atom. The Morgan fingerprint density at radius 1 is 1.04 bits per heavy atom. The monoisotopic (exact) mass is 392 g/mol. The summed E-state index contributed by atoms with van der Waals surface area (Å²) in [5, 5.41) is 14.9. The first kappa shape index (κ1) is 20.3. The van der Waals surface area contributed by atoms with E-state index in [0.717, 1.165) is 11.3 Å². The molecule has 26 heavy (non-hydrogen) atoms. The molecule has 0 aliphatic rings. The quantitative estimate of drug-likeness (QED) is 0.572. The Hall–Kier alpha value is -2.02. The van der Waals surface area contributed by atoms with Gasteiger partial charge >= 0.3 is 0 Å². The second-order valence-corrected chi connectivity index (χ2v) is 7.00. The number of hydrogen-bond donors (Lipinski definition) is 3. The van der Waals surface area contributed by atoms with Crippen LogP contribution in [0.4, 0.5) is 5.69 Å². The molecule has 0 aromatic heterocycles. The van der Waals surface area contributed by atoms with Gasteiger partial charge in [0.2, 0.25) is 5.91 Å². The molecule has 2 aromatic carbocycles. The molecule has 0 atom stereocenters. The van der Waals surface area contributed by atoms with Crippen molar-refractivity contribution in [1.82, 2.24) is 5.32 Å². The Bertz CT molecular complexity index is 721. The first-order chi connectivity index (χ1) is 12.6. The Labute approximate surface area is 162 Å². The van der Waals surface area contributed by atoms with E-state index in [1.807, 2.05) is 12.1 Å². The zero-order valence-corrected chi connectivity index (χ0v) is 15.8. The first-order valence-electron chi connectivity index (χ1n) is 8.19. The minimum atomic E-state index is -0.153. The van der Waals surface area contributed by atoms with E-state index in [2.05, 4.69) is 10.6 Å². The van der Waals surface area contributed by atoms with Crippen molar-refractivity contribution in [1.29, 1.82) is 0 Å². The predicted molar refractivity (Wildman–Crippen MR) is 107 cm³/mol. The molecule has 7 heteroatoms.